The fourth-order valence-electron chi connectivity index (χ4n) is 8.27. The van der Waals surface area contributed by atoms with Crippen molar-refractivity contribution >= 4 is 55.0 Å². The van der Waals surface area contributed by atoms with Crippen molar-refractivity contribution < 1.29 is 19.4 Å². The number of hydrogen-bond donors (Lipinski definition) is 3. The molecule has 4 atom stereocenters. The first kappa shape index (κ1) is 32.9. The Hall–Kier alpha value is -4.32. The van der Waals surface area contributed by atoms with Crippen LogP contribution in [0.15, 0.2) is 66.7 Å². The van der Waals surface area contributed by atoms with Crippen LogP contribution in [-0.2, 0) is 19.4 Å². The van der Waals surface area contributed by atoms with Crippen LogP contribution in [0, 0.1) is 11.8 Å². The number of ether oxygens (including phenoxy) is 1. The molecule has 9 nitrogen and oxygen atoms in total. The number of thiazole rings is 2. The number of aryl methyl sites for hydroxylation is 1. The molecule has 1 unspecified atom stereocenters. The van der Waals surface area contributed by atoms with E-state index in [1.54, 1.807) is 0 Å². The number of anilines is 2. The van der Waals surface area contributed by atoms with Gasteiger partial charge in [-0.3, -0.25) is 10.1 Å². The monoisotopic (exact) mass is 707 g/mol. The number of amides is 1. The SMILES string of the molecule is NC1[C@@H]2CCC[C@H]1[C@@H](c1ccc(OCCCc3sc(N4CCc5cccc(C(=O)Nc6nc7ccccc7s6)c5C4)nc3C(=O)O)cc1)CC2. The summed E-state index contributed by atoms with van der Waals surface area (Å²) in [7, 11) is 0. The second kappa shape index (κ2) is 14.1. The summed E-state index contributed by atoms with van der Waals surface area (Å²) >= 11 is 2.87. The molecule has 50 heavy (non-hydrogen) atoms. The van der Waals surface area contributed by atoms with Crippen LogP contribution in [0.1, 0.15) is 86.9 Å². The number of nitrogens with two attached hydrogens (primary N) is 1. The van der Waals surface area contributed by atoms with Gasteiger partial charge in [0.2, 0.25) is 0 Å². The Morgan fingerprint density at radius 2 is 1.84 bits per heavy atom. The van der Waals surface area contributed by atoms with Gasteiger partial charge in [0, 0.05) is 29.6 Å². The topological polar surface area (TPSA) is 131 Å². The molecule has 2 aliphatic carbocycles. The number of fused-ring (bicyclic) bond motifs is 4. The molecule has 0 saturated heterocycles. The maximum Gasteiger partial charge on any atom is 0.355 e. The van der Waals surface area contributed by atoms with Crippen molar-refractivity contribution in [3.8, 4) is 5.75 Å². The lowest BCUT2D eigenvalue weighted by molar-refractivity contribution is 0.0690. The molecule has 11 heteroatoms. The highest BCUT2D eigenvalue weighted by molar-refractivity contribution is 7.22. The van der Waals surface area contributed by atoms with Gasteiger partial charge in [0.05, 0.1) is 16.8 Å². The van der Waals surface area contributed by atoms with Crippen LogP contribution in [0.2, 0.25) is 0 Å². The van der Waals surface area contributed by atoms with E-state index in [0.29, 0.717) is 72.2 Å². The number of carboxylic acid groups (broad SMARTS) is 1. The molecule has 4 N–H and O–H groups in total. The van der Waals surface area contributed by atoms with Crippen LogP contribution >= 0.6 is 22.7 Å². The van der Waals surface area contributed by atoms with Crippen LogP contribution in [0.25, 0.3) is 10.2 Å². The highest BCUT2D eigenvalue weighted by atomic mass is 32.1. The predicted molar refractivity (Wildman–Crippen MR) is 199 cm³/mol. The van der Waals surface area contributed by atoms with Gasteiger partial charge in [-0.1, -0.05) is 54.2 Å². The Morgan fingerprint density at radius 1 is 0.980 bits per heavy atom. The predicted octanol–water partition coefficient (Wildman–Crippen LogP) is 7.90. The summed E-state index contributed by atoms with van der Waals surface area (Å²) in [6, 6.07) is 22.5. The lowest BCUT2D eigenvalue weighted by Gasteiger charge is -2.45. The lowest BCUT2D eigenvalue weighted by Crippen LogP contribution is -2.46. The molecule has 3 aliphatic rings. The molecule has 0 radical (unpaired) electrons. The molecule has 2 bridgehead atoms. The van der Waals surface area contributed by atoms with Crippen molar-refractivity contribution in [3.63, 3.8) is 0 Å². The number of carbonyl (C=O) groups is 2. The minimum Gasteiger partial charge on any atom is -0.494 e. The van der Waals surface area contributed by atoms with Crippen LogP contribution < -0.4 is 20.7 Å². The van der Waals surface area contributed by atoms with E-state index in [0.717, 1.165) is 38.4 Å². The first-order valence-electron chi connectivity index (χ1n) is 17.7. The van der Waals surface area contributed by atoms with E-state index >= 15 is 0 Å². The second-order valence-corrected chi connectivity index (χ2v) is 15.9. The lowest BCUT2D eigenvalue weighted by atomic mass is 9.62. The van der Waals surface area contributed by atoms with Crippen molar-refractivity contribution in [2.24, 2.45) is 17.6 Å². The molecule has 1 amide bonds. The fourth-order valence-corrected chi connectivity index (χ4v) is 10.2. The number of aromatic nitrogens is 2. The number of nitrogens with one attached hydrogen (secondary N) is 1. The zero-order valence-corrected chi connectivity index (χ0v) is 29.5. The van der Waals surface area contributed by atoms with Gasteiger partial charge >= 0.3 is 5.97 Å². The van der Waals surface area contributed by atoms with Crippen LogP contribution in [0.5, 0.6) is 5.75 Å². The van der Waals surface area contributed by atoms with E-state index in [-0.39, 0.29) is 11.6 Å². The zero-order valence-electron chi connectivity index (χ0n) is 27.8. The van der Waals surface area contributed by atoms with Crippen molar-refractivity contribution in [2.45, 2.75) is 69.9 Å². The third-order valence-corrected chi connectivity index (χ3v) is 13.0. The highest BCUT2D eigenvalue weighted by Crippen LogP contribution is 2.47. The molecule has 1 aliphatic heterocycles. The standard InChI is InChI=1S/C39H41N5O4S2/c40-34-25-7-4-8-28(34)27(18-15-25)24-13-16-26(17-14-24)48-21-5-12-33-35(37(46)47)42-39(50-33)44-20-19-23-6-3-9-29(30(23)22-44)36(45)43-38-41-31-10-1-2-11-32(31)49-38/h1-3,6,9-11,13-14,16-17,25,27-28,34H,4-5,7-8,12,15,18-22,40H2,(H,46,47)(H,41,43,45)/t25-,27-,28+,34?/m1/s1. The molecule has 258 valence electrons. The summed E-state index contributed by atoms with van der Waals surface area (Å²) in [5.41, 5.74) is 11.6. The smallest absolute Gasteiger partial charge is 0.355 e. The molecule has 2 fully saturated rings. The minimum atomic E-state index is -1.03. The third kappa shape index (κ3) is 6.61. The highest BCUT2D eigenvalue weighted by Gasteiger charge is 2.40. The molecule has 8 rings (SSSR count). The average molecular weight is 708 g/mol. The van der Waals surface area contributed by atoms with Crippen molar-refractivity contribution in [2.75, 3.05) is 23.4 Å². The minimum absolute atomic E-state index is 0.0951. The normalized spacial score (nSPS) is 21.5. The first-order valence-corrected chi connectivity index (χ1v) is 19.3. The Bertz CT molecular complexity index is 1990. The molecular formula is C39H41N5O4S2. The van der Waals surface area contributed by atoms with Gasteiger partial charge in [0.15, 0.2) is 16.0 Å². The van der Waals surface area contributed by atoms with Gasteiger partial charge in [0.25, 0.3) is 5.91 Å². The van der Waals surface area contributed by atoms with Gasteiger partial charge in [-0.15, -0.1) is 11.3 Å². The maximum absolute atomic E-state index is 13.5. The number of hydrogen-bond acceptors (Lipinski definition) is 9. The molecule has 0 spiro atoms. The number of nitrogens with zero attached hydrogens (tertiary/aromatic N) is 3. The van der Waals surface area contributed by atoms with Gasteiger partial charge < -0.3 is 20.5 Å². The Morgan fingerprint density at radius 3 is 2.68 bits per heavy atom. The summed E-state index contributed by atoms with van der Waals surface area (Å²) in [6.45, 7) is 1.64. The summed E-state index contributed by atoms with van der Waals surface area (Å²) in [6.07, 6.45) is 8.22. The van der Waals surface area contributed by atoms with Gasteiger partial charge in [-0.2, -0.15) is 0 Å². The van der Waals surface area contributed by atoms with Crippen molar-refractivity contribution in [1.82, 2.24) is 9.97 Å². The van der Waals surface area contributed by atoms with Crippen molar-refractivity contribution in [1.29, 1.82) is 0 Å². The van der Waals surface area contributed by atoms with Gasteiger partial charge in [-0.05, 0) is 110 Å². The van der Waals surface area contributed by atoms with E-state index in [2.05, 4.69) is 50.5 Å². The number of para-hydroxylation sites is 1. The summed E-state index contributed by atoms with van der Waals surface area (Å²) in [4.78, 5) is 37.7. The second-order valence-electron chi connectivity index (χ2n) is 13.8. The number of carbonyl (C=O) groups excluding carboxylic acids is 1. The van der Waals surface area contributed by atoms with Crippen LogP contribution in [0.3, 0.4) is 0 Å². The largest absolute Gasteiger partial charge is 0.494 e. The Balaban J connectivity index is 0.897. The first-order chi connectivity index (χ1) is 24.4. The summed E-state index contributed by atoms with van der Waals surface area (Å²) < 4.78 is 7.10. The van der Waals surface area contributed by atoms with Gasteiger partial charge in [-0.25, -0.2) is 14.8 Å². The van der Waals surface area contributed by atoms with E-state index in [4.69, 9.17) is 10.5 Å². The number of carboxylic acids is 1. The maximum atomic E-state index is 13.5. The number of benzene rings is 3. The molecule has 3 heterocycles. The summed E-state index contributed by atoms with van der Waals surface area (Å²) in [5.74, 6) is 1.41. The average Bonchev–Trinajstić information content (AvgIpc) is 3.74. The molecule has 3 aromatic carbocycles. The fraction of sp³-hybridized carbons (Fsp3) is 0.385. The van der Waals surface area contributed by atoms with E-state index in [9.17, 15) is 14.7 Å². The van der Waals surface area contributed by atoms with Crippen LogP contribution in [-0.4, -0.2) is 46.1 Å². The molecule has 5 aromatic rings. The summed E-state index contributed by atoms with van der Waals surface area (Å²) in [5, 5.41) is 14.2. The Labute approximate surface area is 299 Å². The van der Waals surface area contributed by atoms with E-state index < -0.39 is 5.97 Å². The van der Waals surface area contributed by atoms with Gasteiger partial charge in [0.1, 0.15) is 5.75 Å². The van der Waals surface area contributed by atoms with Crippen LogP contribution in [0.4, 0.5) is 10.3 Å². The van der Waals surface area contributed by atoms with Crippen molar-refractivity contribution in [3.05, 3.63) is 99.6 Å². The number of aromatic carboxylic acids is 1. The van der Waals surface area contributed by atoms with E-state index in [1.807, 2.05) is 36.4 Å². The molecule has 2 aromatic heterocycles. The molecular weight excluding hydrogens is 667 g/mol. The number of rotatable bonds is 10. The quantitative estimate of drug-likeness (QED) is 0.125. The Kier molecular flexibility index (Phi) is 9.28. The third-order valence-electron chi connectivity index (χ3n) is 10.8. The molecule has 2 saturated carbocycles. The van der Waals surface area contributed by atoms with E-state index in [1.165, 1.54) is 60.3 Å². The zero-order chi connectivity index (χ0) is 34.2.